The van der Waals surface area contributed by atoms with Gasteiger partial charge in [-0.25, -0.2) is 0 Å². The summed E-state index contributed by atoms with van der Waals surface area (Å²) in [4.78, 5) is 2.58. The van der Waals surface area contributed by atoms with Gasteiger partial charge >= 0.3 is 0 Å². The average Bonchev–Trinajstić information content (AvgIpc) is 2.62. The van der Waals surface area contributed by atoms with Crippen LogP contribution in [0.3, 0.4) is 0 Å². The van der Waals surface area contributed by atoms with Crippen LogP contribution in [-0.4, -0.2) is 40.9 Å². The van der Waals surface area contributed by atoms with E-state index in [1.165, 1.54) is 43.7 Å². The Hall–Kier alpha value is -0.870. The van der Waals surface area contributed by atoms with E-state index in [1.807, 2.05) is 11.7 Å². The fourth-order valence-electron chi connectivity index (χ4n) is 2.81. The Morgan fingerprint density at radius 3 is 2.53 bits per heavy atom. The minimum absolute atomic E-state index is 0.921. The van der Waals surface area contributed by atoms with Gasteiger partial charge in [-0.05, 0) is 45.7 Å². The summed E-state index contributed by atoms with van der Waals surface area (Å²) in [7, 11) is 2.01. The zero-order chi connectivity index (χ0) is 13.8. The summed E-state index contributed by atoms with van der Waals surface area (Å²) in [6.45, 7) is 12.3. The molecule has 0 saturated carbocycles. The lowest BCUT2D eigenvalue weighted by atomic mass is 9.99. The van der Waals surface area contributed by atoms with Crippen molar-refractivity contribution in [1.82, 2.24) is 20.0 Å². The molecule has 19 heavy (non-hydrogen) atoms. The Morgan fingerprint density at radius 2 is 1.95 bits per heavy atom. The predicted octanol–water partition coefficient (Wildman–Crippen LogP) is 1.86. The number of piperidine rings is 1. The smallest absolute Gasteiger partial charge is 0.0641 e. The summed E-state index contributed by atoms with van der Waals surface area (Å²) in [5.41, 5.74) is 3.78. The van der Waals surface area contributed by atoms with Crippen molar-refractivity contribution >= 4 is 0 Å². The Balaban J connectivity index is 1.69. The first kappa shape index (κ1) is 14.5. The second-order valence-electron chi connectivity index (χ2n) is 5.97. The molecule has 4 nitrogen and oxygen atoms in total. The van der Waals surface area contributed by atoms with Crippen molar-refractivity contribution in [2.45, 2.75) is 40.2 Å². The molecule has 0 unspecified atom stereocenters. The van der Waals surface area contributed by atoms with Gasteiger partial charge in [-0.1, -0.05) is 6.92 Å². The number of hydrogen-bond acceptors (Lipinski definition) is 3. The summed E-state index contributed by atoms with van der Waals surface area (Å²) < 4.78 is 1.97. The number of hydrogen-bond donors (Lipinski definition) is 1. The monoisotopic (exact) mass is 264 g/mol. The predicted molar refractivity (Wildman–Crippen MR) is 79.2 cm³/mol. The van der Waals surface area contributed by atoms with E-state index in [9.17, 15) is 0 Å². The highest BCUT2D eigenvalue weighted by Crippen LogP contribution is 2.15. The van der Waals surface area contributed by atoms with Crippen molar-refractivity contribution in [3.8, 4) is 0 Å². The van der Waals surface area contributed by atoms with Crippen molar-refractivity contribution in [1.29, 1.82) is 0 Å². The molecule has 0 radical (unpaired) electrons. The zero-order valence-corrected chi connectivity index (χ0v) is 12.9. The topological polar surface area (TPSA) is 33.1 Å². The first-order chi connectivity index (χ1) is 9.08. The van der Waals surface area contributed by atoms with E-state index in [0.29, 0.717) is 0 Å². The molecular weight excluding hydrogens is 236 g/mol. The van der Waals surface area contributed by atoms with Gasteiger partial charge in [0.05, 0.1) is 5.69 Å². The molecule has 108 valence electrons. The number of nitrogens with one attached hydrogen (secondary N) is 1. The molecule has 4 heteroatoms. The van der Waals surface area contributed by atoms with Crippen LogP contribution in [0.25, 0.3) is 0 Å². The Kier molecular flexibility index (Phi) is 4.99. The van der Waals surface area contributed by atoms with Gasteiger partial charge in [0.25, 0.3) is 0 Å². The molecule has 0 atom stereocenters. The van der Waals surface area contributed by atoms with Gasteiger partial charge in [0.1, 0.15) is 0 Å². The Morgan fingerprint density at radius 1 is 1.26 bits per heavy atom. The van der Waals surface area contributed by atoms with Crippen LogP contribution in [0.2, 0.25) is 0 Å². The van der Waals surface area contributed by atoms with Crippen LogP contribution in [0.4, 0.5) is 0 Å². The lowest BCUT2D eigenvalue weighted by molar-refractivity contribution is 0.193. The third-order valence-corrected chi connectivity index (χ3v) is 4.44. The van der Waals surface area contributed by atoms with Crippen LogP contribution in [0.5, 0.6) is 0 Å². The van der Waals surface area contributed by atoms with Gasteiger partial charge in [-0.2, -0.15) is 5.10 Å². The minimum Gasteiger partial charge on any atom is -0.311 e. The molecule has 0 spiro atoms. The van der Waals surface area contributed by atoms with Crippen LogP contribution in [-0.2, 0) is 13.6 Å². The molecule has 1 aromatic heterocycles. The Bertz CT molecular complexity index is 403. The van der Waals surface area contributed by atoms with E-state index in [-0.39, 0.29) is 0 Å². The minimum atomic E-state index is 0.921. The number of likely N-dealkylation sites (tertiary alicyclic amines) is 1. The molecule has 2 rings (SSSR count). The van der Waals surface area contributed by atoms with Crippen molar-refractivity contribution in [2.24, 2.45) is 13.0 Å². The largest absolute Gasteiger partial charge is 0.311 e. The molecular formula is C15H28N4. The quantitative estimate of drug-likeness (QED) is 0.824. The highest BCUT2D eigenvalue weighted by Gasteiger charge is 2.15. The third-order valence-electron chi connectivity index (χ3n) is 4.44. The maximum absolute atomic E-state index is 4.45. The number of aryl methyl sites for hydroxylation is 2. The van der Waals surface area contributed by atoms with E-state index >= 15 is 0 Å². The molecule has 1 saturated heterocycles. The number of rotatable bonds is 5. The first-order valence-corrected chi connectivity index (χ1v) is 7.50. The molecule has 1 aliphatic rings. The summed E-state index contributed by atoms with van der Waals surface area (Å²) in [6, 6.07) is 0. The zero-order valence-electron chi connectivity index (χ0n) is 12.9. The van der Waals surface area contributed by atoms with Gasteiger partial charge in [0, 0.05) is 37.9 Å². The van der Waals surface area contributed by atoms with Gasteiger partial charge < -0.3 is 10.2 Å². The van der Waals surface area contributed by atoms with Crippen molar-refractivity contribution in [3.05, 3.63) is 17.0 Å². The molecule has 1 N–H and O–H groups in total. The number of nitrogens with zero attached hydrogens (tertiary/aromatic N) is 3. The highest BCUT2D eigenvalue weighted by molar-refractivity contribution is 5.23. The van der Waals surface area contributed by atoms with Gasteiger partial charge in [0.2, 0.25) is 0 Å². The average molecular weight is 264 g/mol. The molecule has 0 aromatic carbocycles. The maximum atomic E-state index is 4.45. The van der Waals surface area contributed by atoms with E-state index in [2.05, 4.69) is 36.1 Å². The van der Waals surface area contributed by atoms with Crippen molar-refractivity contribution < 1.29 is 0 Å². The lowest BCUT2D eigenvalue weighted by Crippen LogP contribution is -2.37. The fraction of sp³-hybridized carbons (Fsp3) is 0.800. The summed E-state index contributed by atoms with van der Waals surface area (Å²) in [6.07, 6.45) is 2.72. The summed E-state index contributed by atoms with van der Waals surface area (Å²) in [5.74, 6) is 0.921. The molecule has 2 heterocycles. The molecule has 1 aliphatic heterocycles. The molecule has 0 bridgehead atoms. The van der Waals surface area contributed by atoms with Gasteiger partial charge in [-0.15, -0.1) is 0 Å². The van der Waals surface area contributed by atoms with Crippen molar-refractivity contribution in [3.63, 3.8) is 0 Å². The Labute approximate surface area is 117 Å². The van der Waals surface area contributed by atoms with Crippen molar-refractivity contribution in [2.75, 3.05) is 26.2 Å². The fourth-order valence-corrected chi connectivity index (χ4v) is 2.81. The maximum Gasteiger partial charge on any atom is 0.0641 e. The highest BCUT2D eigenvalue weighted by atomic mass is 15.3. The molecule has 0 aliphatic carbocycles. The van der Waals surface area contributed by atoms with Crippen LogP contribution < -0.4 is 5.32 Å². The van der Waals surface area contributed by atoms with Crippen LogP contribution >= 0.6 is 0 Å². The first-order valence-electron chi connectivity index (χ1n) is 7.50. The SMILES string of the molecule is Cc1nn(C)c(C)c1CNCCN1CCC(C)CC1. The van der Waals surface area contributed by atoms with E-state index < -0.39 is 0 Å². The van der Waals surface area contributed by atoms with Gasteiger partial charge in [0.15, 0.2) is 0 Å². The van der Waals surface area contributed by atoms with Gasteiger partial charge in [-0.3, -0.25) is 4.68 Å². The molecule has 0 amide bonds. The van der Waals surface area contributed by atoms with Crippen LogP contribution in [0.15, 0.2) is 0 Å². The van der Waals surface area contributed by atoms with Crippen LogP contribution in [0.1, 0.15) is 36.7 Å². The molecule has 1 aromatic rings. The second kappa shape index (κ2) is 6.53. The lowest BCUT2D eigenvalue weighted by Gasteiger charge is -2.30. The second-order valence-corrected chi connectivity index (χ2v) is 5.97. The van der Waals surface area contributed by atoms with E-state index in [0.717, 1.165) is 24.7 Å². The number of aromatic nitrogens is 2. The van der Waals surface area contributed by atoms with E-state index in [4.69, 9.17) is 0 Å². The summed E-state index contributed by atoms with van der Waals surface area (Å²) >= 11 is 0. The normalized spacial score (nSPS) is 18.1. The van der Waals surface area contributed by atoms with E-state index in [1.54, 1.807) is 0 Å². The standard InChI is InChI=1S/C15H28N4/c1-12-5-8-19(9-6-12)10-7-16-11-15-13(2)17-18(4)14(15)3/h12,16H,5-11H2,1-4H3. The van der Waals surface area contributed by atoms with Crippen LogP contribution in [0, 0.1) is 19.8 Å². The molecule has 1 fully saturated rings. The summed E-state index contributed by atoms with van der Waals surface area (Å²) in [5, 5.41) is 8.01. The third kappa shape index (κ3) is 3.80.